The van der Waals surface area contributed by atoms with E-state index in [1.165, 1.54) is 6.42 Å². The van der Waals surface area contributed by atoms with Gasteiger partial charge in [-0.25, -0.2) is 0 Å². The first kappa shape index (κ1) is 9.79. The molecule has 0 spiro atoms. The van der Waals surface area contributed by atoms with E-state index in [0.29, 0.717) is 5.92 Å². The number of aliphatic hydroxyl groups is 1. The summed E-state index contributed by atoms with van der Waals surface area (Å²) in [6.45, 7) is 7.90. The van der Waals surface area contributed by atoms with Gasteiger partial charge in [-0.15, -0.1) is 6.58 Å². The third-order valence-electron chi connectivity index (χ3n) is 3.05. The Hall–Kier alpha value is -0.300. The average Bonchev–Trinajstić information content (AvgIpc) is 2.67. The molecule has 0 unspecified atom stereocenters. The third-order valence-corrected chi connectivity index (χ3v) is 3.05. The highest BCUT2D eigenvalue weighted by Gasteiger charge is 2.40. The number of hydrogen-bond acceptors (Lipinski definition) is 1. The van der Waals surface area contributed by atoms with Gasteiger partial charge in [0.05, 0.1) is 6.10 Å². The van der Waals surface area contributed by atoms with Crippen LogP contribution < -0.4 is 0 Å². The van der Waals surface area contributed by atoms with Crippen LogP contribution >= 0.6 is 0 Å². The monoisotopic (exact) mass is 168 g/mol. The lowest BCUT2D eigenvalue weighted by molar-refractivity contribution is 0.104. The maximum atomic E-state index is 9.53. The highest BCUT2D eigenvalue weighted by molar-refractivity contribution is 4.91. The Morgan fingerprint density at radius 1 is 1.67 bits per heavy atom. The number of allylic oxidation sites excluding steroid dienone is 1. The van der Waals surface area contributed by atoms with Gasteiger partial charge in [0.1, 0.15) is 0 Å². The number of rotatable bonds is 5. The van der Waals surface area contributed by atoms with Crippen LogP contribution in [0.5, 0.6) is 0 Å². The summed E-state index contributed by atoms with van der Waals surface area (Å²) < 4.78 is 0. The number of hydrogen-bond donors (Lipinski definition) is 1. The maximum Gasteiger partial charge on any atom is 0.0543 e. The normalized spacial score (nSPS) is 32.6. The van der Waals surface area contributed by atoms with Gasteiger partial charge in [-0.2, -0.15) is 0 Å². The van der Waals surface area contributed by atoms with Crippen molar-refractivity contribution in [3.63, 3.8) is 0 Å². The van der Waals surface area contributed by atoms with E-state index < -0.39 is 0 Å². The summed E-state index contributed by atoms with van der Waals surface area (Å²) in [5, 5.41) is 9.53. The Morgan fingerprint density at radius 2 is 2.25 bits per heavy atom. The molecule has 0 aromatic heterocycles. The summed E-state index contributed by atoms with van der Waals surface area (Å²) in [5.74, 6) is 2.14. The summed E-state index contributed by atoms with van der Waals surface area (Å²) >= 11 is 0. The highest BCUT2D eigenvalue weighted by Crippen LogP contribution is 2.46. The largest absolute Gasteiger partial charge is 0.393 e. The first-order chi connectivity index (χ1) is 5.66. The predicted molar refractivity (Wildman–Crippen MR) is 51.9 cm³/mol. The molecule has 0 saturated heterocycles. The van der Waals surface area contributed by atoms with Crippen molar-refractivity contribution in [1.82, 2.24) is 0 Å². The van der Waals surface area contributed by atoms with Gasteiger partial charge < -0.3 is 5.11 Å². The van der Waals surface area contributed by atoms with Gasteiger partial charge in [0.25, 0.3) is 0 Å². The fourth-order valence-electron chi connectivity index (χ4n) is 2.07. The third kappa shape index (κ3) is 2.34. The summed E-state index contributed by atoms with van der Waals surface area (Å²) in [7, 11) is 0. The van der Waals surface area contributed by atoms with E-state index in [9.17, 15) is 5.11 Å². The fourth-order valence-corrected chi connectivity index (χ4v) is 2.07. The van der Waals surface area contributed by atoms with Crippen molar-refractivity contribution in [3.8, 4) is 0 Å². The fraction of sp³-hybridized carbons (Fsp3) is 0.818. The Kier molecular flexibility index (Phi) is 3.33. The van der Waals surface area contributed by atoms with Gasteiger partial charge in [-0.05, 0) is 43.9 Å². The molecule has 70 valence electrons. The Labute approximate surface area is 75.5 Å². The van der Waals surface area contributed by atoms with Gasteiger partial charge in [-0.1, -0.05) is 13.0 Å². The molecular formula is C11H20O. The summed E-state index contributed by atoms with van der Waals surface area (Å²) in [6, 6.07) is 0. The van der Waals surface area contributed by atoms with Gasteiger partial charge >= 0.3 is 0 Å². The predicted octanol–water partition coefficient (Wildman–Crippen LogP) is 2.61. The van der Waals surface area contributed by atoms with Crippen LogP contribution in [0.3, 0.4) is 0 Å². The number of aliphatic hydroxyl groups excluding tert-OH is 1. The molecule has 12 heavy (non-hydrogen) atoms. The van der Waals surface area contributed by atoms with Crippen molar-refractivity contribution in [1.29, 1.82) is 0 Å². The quantitative estimate of drug-likeness (QED) is 0.626. The van der Waals surface area contributed by atoms with E-state index in [4.69, 9.17) is 0 Å². The van der Waals surface area contributed by atoms with Crippen molar-refractivity contribution in [2.75, 3.05) is 0 Å². The molecule has 0 amide bonds. The van der Waals surface area contributed by atoms with E-state index >= 15 is 0 Å². The molecule has 1 aliphatic rings. The molecule has 1 heteroatoms. The Bertz CT molecular complexity index is 151. The summed E-state index contributed by atoms with van der Waals surface area (Å²) in [5.41, 5.74) is 0. The first-order valence-electron chi connectivity index (χ1n) is 4.95. The molecule has 0 aromatic rings. The van der Waals surface area contributed by atoms with E-state index in [1.807, 2.05) is 13.0 Å². The minimum Gasteiger partial charge on any atom is -0.393 e. The first-order valence-corrected chi connectivity index (χ1v) is 4.95. The summed E-state index contributed by atoms with van der Waals surface area (Å²) in [6.07, 6.45) is 5.27. The minimum atomic E-state index is -0.139. The lowest BCUT2D eigenvalue weighted by Crippen LogP contribution is -2.19. The van der Waals surface area contributed by atoms with Crippen LogP contribution in [-0.2, 0) is 0 Å². The van der Waals surface area contributed by atoms with Crippen LogP contribution in [0.1, 0.15) is 33.1 Å². The van der Waals surface area contributed by atoms with Crippen LogP contribution in [-0.4, -0.2) is 11.2 Å². The Balaban J connectivity index is 2.33. The lowest BCUT2D eigenvalue weighted by Gasteiger charge is -2.18. The molecule has 0 bridgehead atoms. The molecule has 1 fully saturated rings. The topological polar surface area (TPSA) is 20.2 Å². The van der Waals surface area contributed by atoms with Crippen molar-refractivity contribution < 1.29 is 5.11 Å². The van der Waals surface area contributed by atoms with E-state index in [-0.39, 0.29) is 6.10 Å². The second kappa shape index (κ2) is 4.08. The molecule has 1 saturated carbocycles. The minimum absolute atomic E-state index is 0.139. The standard InChI is InChI=1S/C11H20O/c1-4-5-6-10(9(3)12)11-7-8(11)2/h4,8-12H,1,5-7H2,2-3H3/t8-,9-,10+,11+/m1/s1. The van der Waals surface area contributed by atoms with Crippen molar-refractivity contribution in [3.05, 3.63) is 12.7 Å². The van der Waals surface area contributed by atoms with Crippen molar-refractivity contribution >= 4 is 0 Å². The molecule has 0 aliphatic heterocycles. The van der Waals surface area contributed by atoms with Gasteiger partial charge in [0.15, 0.2) is 0 Å². The second-order valence-electron chi connectivity index (χ2n) is 4.15. The van der Waals surface area contributed by atoms with Crippen LogP contribution in [0.15, 0.2) is 12.7 Å². The molecular weight excluding hydrogens is 148 g/mol. The van der Waals surface area contributed by atoms with Gasteiger partial charge in [0, 0.05) is 0 Å². The zero-order chi connectivity index (χ0) is 9.14. The van der Waals surface area contributed by atoms with Gasteiger partial charge in [-0.3, -0.25) is 0 Å². The smallest absolute Gasteiger partial charge is 0.0543 e. The zero-order valence-corrected chi connectivity index (χ0v) is 8.16. The molecule has 0 aromatic carbocycles. The average molecular weight is 168 g/mol. The van der Waals surface area contributed by atoms with E-state index in [2.05, 4.69) is 13.5 Å². The molecule has 1 N–H and O–H groups in total. The maximum absolute atomic E-state index is 9.53. The van der Waals surface area contributed by atoms with Crippen molar-refractivity contribution in [2.45, 2.75) is 39.2 Å². The summed E-state index contributed by atoms with van der Waals surface area (Å²) in [4.78, 5) is 0. The molecule has 1 rings (SSSR count). The second-order valence-corrected chi connectivity index (χ2v) is 4.15. The lowest BCUT2D eigenvalue weighted by atomic mass is 9.91. The molecule has 1 nitrogen and oxygen atoms in total. The molecule has 0 heterocycles. The van der Waals surface area contributed by atoms with Crippen LogP contribution in [0.2, 0.25) is 0 Å². The van der Waals surface area contributed by atoms with Crippen LogP contribution in [0.4, 0.5) is 0 Å². The molecule has 1 aliphatic carbocycles. The highest BCUT2D eigenvalue weighted by atomic mass is 16.3. The van der Waals surface area contributed by atoms with Crippen molar-refractivity contribution in [2.24, 2.45) is 17.8 Å². The molecule has 0 radical (unpaired) electrons. The molecule has 4 atom stereocenters. The van der Waals surface area contributed by atoms with Gasteiger partial charge in [0.2, 0.25) is 0 Å². The van der Waals surface area contributed by atoms with Crippen LogP contribution in [0.25, 0.3) is 0 Å². The van der Waals surface area contributed by atoms with Crippen LogP contribution in [0, 0.1) is 17.8 Å². The van der Waals surface area contributed by atoms with E-state index in [1.54, 1.807) is 0 Å². The zero-order valence-electron chi connectivity index (χ0n) is 8.16. The SMILES string of the molecule is C=CCC[C@H]([C@H]1C[C@H]1C)[C@@H](C)O. The van der Waals surface area contributed by atoms with E-state index in [0.717, 1.165) is 24.7 Å². The Morgan fingerprint density at radius 3 is 2.58 bits per heavy atom.